The minimum atomic E-state index is -3.02. The summed E-state index contributed by atoms with van der Waals surface area (Å²) in [5.74, 6) is 0.0906. The number of fused-ring (bicyclic) bond motifs is 1. The molecule has 1 N–H and O–H groups in total. The van der Waals surface area contributed by atoms with Crippen LogP contribution in [0.4, 0.5) is 11.4 Å². The third-order valence-electron chi connectivity index (χ3n) is 5.30. The highest BCUT2D eigenvalue weighted by Gasteiger charge is 2.44. The van der Waals surface area contributed by atoms with Gasteiger partial charge in [0, 0.05) is 16.6 Å². The van der Waals surface area contributed by atoms with E-state index in [4.69, 9.17) is 0 Å². The monoisotopic (exact) mass is 443 g/mol. The number of hydrogen-bond donors (Lipinski definition) is 1. The first-order chi connectivity index (χ1) is 14.3. The predicted molar refractivity (Wildman–Crippen MR) is 124 cm³/mol. The summed E-state index contributed by atoms with van der Waals surface area (Å²) in [5, 5.41) is 3.60. The fourth-order valence-electron chi connectivity index (χ4n) is 3.72. The van der Waals surface area contributed by atoms with Crippen molar-refractivity contribution in [3.05, 3.63) is 59.7 Å². The number of anilines is 2. The fourth-order valence-corrected chi connectivity index (χ4v) is 7.50. The van der Waals surface area contributed by atoms with E-state index in [0.29, 0.717) is 5.17 Å². The maximum absolute atomic E-state index is 12.8. The Labute approximate surface area is 181 Å². The zero-order valence-electron chi connectivity index (χ0n) is 17.0. The van der Waals surface area contributed by atoms with Crippen molar-refractivity contribution in [3.63, 3.8) is 0 Å². The van der Waals surface area contributed by atoms with Crippen LogP contribution in [0.15, 0.2) is 53.5 Å². The number of sulfone groups is 1. The highest BCUT2D eigenvalue weighted by atomic mass is 32.2. The number of benzene rings is 2. The van der Waals surface area contributed by atoms with Crippen LogP contribution in [0.2, 0.25) is 0 Å². The van der Waals surface area contributed by atoms with Gasteiger partial charge in [-0.05, 0) is 48.7 Å². The maximum atomic E-state index is 12.8. The molecule has 2 aromatic carbocycles. The van der Waals surface area contributed by atoms with Crippen LogP contribution in [0.5, 0.6) is 0 Å². The molecule has 6 nitrogen and oxygen atoms in total. The average Bonchev–Trinajstić information content (AvgIpc) is 3.19. The van der Waals surface area contributed by atoms with E-state index in [9.17, 15) is 13.2 Å². The molecule has 2 aliphatic heterocycles. The van der Waals surface area contributed by atoms with Gasteiger partial charge in [0.05, 0.1) is 17.5 Å². The second-order valence-corrected chi connectivity index (χ2v) is 11.1. The Morgan fingerprint density at radius 3 is 2.63 bits per heavy atom. The van der Waals surface area contributed by atoms with Crippen LogP contribution in [0.25, 0.3) is 0 Å². The molecule has 1 saturated heterocycles. The van der Waals surface area contributed by atoms with E-state index in [1.165, 1.54) is 17.3 Å². The Bertz CT molecular complexity index is 1080. The molecule has 30 heavy (non-hydrogen) atoms. The molecule has 158 valence electrons. The predicted octanol–water partition coefficient (Wildman–Crippen LogP) is 3.27. The van der Waals surface area contributed by atoms with E-state index in [-0.39, 0.29) is 35.2 Å². The number of rotatable bonds is 5. The molecule has 1 amide bonds. The van der Waals surface area contributed by atoms with E-state index < -0.39 is 9.84 Å². The van der Waals surface area contributed by atoms with Crippen molar-refractivity contribution in [1.82, 2.24) is 0 Å². The van der Waals surface area contributed by atoms with Gasteiger partial charge in [-0.2, -0.15) is 0 Å². The van der Waals surface area contributed by atoms with E-state index >= 15 is 0 Å². The number of aryl methyl sites for hydroxylation is 2. The number of aliphatic imine (C=N–C) groups is 1. The molecule has 0 aliphatic carbocycles. The fraction of sp³-hybridized carbons (Fsp3) is 0.364. The molecule has 1 fully saturated rings. The quantitative estimate of drug-likeness (QED) is 0.767. The second-order valence-electron chi connectivity index (χ2n) is 7.74. The van der Waals surface area contributed by atoms with Crippen LogP contribution in [0.1, 0.15) is 18.1 Å². The van der Waals surface area contributed by atoms with Crippen molar-refractivity contribution in [1.29, 1.82) is 0 Å². The molecule has 0 unspecified atom stereocenters. The molecule has 2 heterocycles. The largest absolute Gasteiger partial charge is 0.325 e. The lowest BCUT2D eigenvalue weighted by atomic mass is 10.1. The number of amidine groups is 1. The minimum absolute atomic E-state index is 0.0674. The van der Waals surface area contributed by atoms with Crippen LogP contribution < -0.4 is 10.2 Å². The third-order valence-corrected chi connectivity index (χ3v) is 8.54. The van der Waals surface area contributed by atoms with E-state index in [1.807, 2.05) is 60.4 Å². The molecular formula is C22H25N3O3S2. The summed E-state index contributed by atoms with van der Waals surface area (Å²) in [4.78, 5) is 19.4. The molecule has 4 rings (SSSR count). The highest BCUT2D eigenvalue weighted by Crippen LogP contribution is 2.36. The van der Waals surface area contributed by atoms with Crippen molar-refractivity contribution >= 4 is 44.0 Å². The lowest BCUT2D eigenvalue weighted by Crippen LogP contribution is -2.36. The number of amides is 1. The maximum Gasteiger partial charge on any atom is 0.244 e. The van der Waals surface area contributed by atoms with Gasteiger partial charge in [-0.15, -0.1) is 0 Å². The number of thioether (sulfide) groups is 1. The summed E-state index contributed by atoms with van der Waals surface area (Å²) in [5.41, 5.74) is 3.92. The van der Waals surface area contributed by atoms with Gasteiger partial charge in [0.1, 0.15) is 6.54 Å². The van der Waals surface area contributed by atoms with Gasteiger partial charge in [0.25, 0.3) is 0 Å². The van der Waals surface area contributed by atoms with Crippen LogP contribution in [0.3, 0.4) is 0 Å². The van der Waals surface area contributed by atoms with Crippen LogP contribution in [0, 0.1) is 6.92 Å². The second kappa shape index (κ2) is 8.43. The van der Waals surface area contributed by atoms with E-state index in [1.54, 1.807) is 0 Å². The molecule has 2 aliphatic rings. The summed E-state index contributed by atoms with van der Waals surface area (Å²) < 4.78 is 23.8. The van der Waals surface area contributed by atoms with E-state index in [0.717, 1.165) is 23.4 Å². The lowest BCUT2D eigenvalue weighted by molar-refractivity contribution is -0.114. The molecule has 2 aromatic rings. The van der Waals surface area contributed by atoms with Crippen molar-refractivity contribution in [3.8, 4) is 0 Å². The SMILES string of the molecule is CCc1ccc(N(CC(=O)Nc2cccc(C)c2)C2=N[C@H]3CS(=O)(=O)C[C@H]3S2)cc1. The lowest BCUT2D eigenvalue weighted by Gasteiger charge is -2.24. The van der Waals surface area contributed by atoms with Crippen molar-refractivity contribution < 1.29 is 13.2 Å². The molecule has 8 heteroatoms. The first kappa shape index (κ1) is 20.9. The average molecular weight is 444 g/mol. The van der Waals surface area contributed by atoms with Gasteiger partial charge < -0.3 is 10.2 Å². The Balaban J connectivity index is 1.57. The Kier molecular flexibility index (Phi) is 5.88. The van der Waals surface area contributed by atoms with Gasteiger partial charge in [0.2, 0.25) is 5.91 Å². The number of hydrogen-bond acceptors (Lipinski definition) is 6. The first-order valence-corrected chi connectivity index (χ1v) is 12.7. The van der Waals surface area contributed by atoms with E-state index in [2.05, 4.69) is 17.2 Å². The van der Waals surface area contributed by atoms with Crippen molar-refractivity contribution in [2.45, 2.75) is 31.6 Å². The standard InChI is InChI=1S/C22H25N3O3S2/c1-3-16-7-9-18(10-8-16)25(12-21(26)23-17-6-4-5-15(2)11-17)22-24-19-13-30(27,28)14-20(19)29-22/h4-11,19-20H,3,12-14H2,1-2H3,(H,23,26)/t19-,20+/m0/s1. The summed E-state index contributed by atoms with van der Waals surface area (Å²) in [6.45, 7) is 4.19. The van der Waals surface area contributed by atoms with Crippen LogP contribution in [-0.4, -0.2) is 48.8 Å². The number of carbonyl (C=O) groups is 1. The normalized spacial score (nSPS) is 21.7. The topological polar surface area (TPSA) is 78.8 Å². The highest BCUT2D eigenvalue weighted by molar-refractivity contribution is 8.15. The smallest absolute Gasteiger partial charge is 0.244 e. The molecule has 0 aromatic heterocycles. The number of nitrogens with zero attached hydrogens (tertiary/aromatic N) is 2. The zero-order valence-corrected chi connectivity index (χ0v) is 18.7. The third kappa shape index (κ3) is 4.70. The van der Waals surface area contributed by atoms with Gasteiger partial charge in [-0.25, -0.2) is 8.42 Å². The van der Waals surface area contributed by atoms with Gasteiger partial charge in [-0.1, -0.05) is 43.0 Å². The van der Waals surface area contributed by atoms with Crippen molar-refractivity contribution in [2.24, 2.45) is 4.99 Å². The molecule has 0 spiro atoms. The number of carbonyl (C=O) groups excluding carboxylic acids is 1. The Morgan fingerprint density at radius 1 is 1.20 bits per heavy atom. The Morgan fingerprint density at radius 2 is 1.97 bits per heavy atom. The molecule has 0 saturated carbocycles. The summed E-state index contributed by atoms with van der Waals surface area (Å²) >= 11 is 1.46. The van der Waals surface area contributed by atoms with Gasteiger partial charge in [0.15, 0.2) is 15.0 Å². The minimum Gasteiger partial charge on any atom is -0.325 e. The summed E-state index contributed by atoms with van der Waals surface area (Å²) in [6.07, 6.45) is 0.936. The molecule has 2 atom stereocenters. The first-order valence-electron chi connectivity index (χ1n) is 10.0. The number of nitrogens with one attached hydrogen (secondary N) is 1. The zero-order chi connectivity index (χ0) is 21.3. The summed E-state index contributed by atoms with van der Waals surface area (Å²) in [6, 6.07) is 15.5. The van der Waals surface area contributed by atoms with Gasteiger partial charge >= 0.3 is 0 Å². The van der Waals surface area contributed by atoms with Crippen LogP contribution in [-0.2, 0) is 21.1 Å². The Hall–Kier alpha value is -2.32. The summed E-state index contributed by atoms with van der Waals surface area (Å²) in [7, 11) is -3.02. The molecule has 0 bridgehead atoms. The van der Waals surface area contributed by atoms with Crippen molar-refractivity contribution in [2.75, 3.05) is 28.3 Å². The van der Waals surface area contributed by atoms with Crippen LogP contribution >= 0.6 is 11.8 Å². The molecule has 0 radical (unpaired) electrons. The van der Waals surface area contributed by atoms with Gasteiger partial charge in [-0.3, -0.25) is 9.79 Å². The molecular weight excluding hydrogens is 418 g/mol.